The van der Waals surface area contributed by atoms with Gasteiger partial charge in [-0.2, -0.15) is 0 Å². The third-order valence-corrected chi connectivity index (χ3v) is 4.83. The first-order chi connectivity index (χ1) is 12.0. The number of fused-ring (bicyclic) bond motifs is 1. The minimum absolute atomic E-state index is 0.0492. The second-order valence-electron chi connectivity index (χ2n) is 6.26. The van der Waals surface area contributed by atoms with Crippen LogP contribution in [0.2, 0.25) is 0 Å². The number of benzene rings is 1. The van der Waals surface area contributed by atoms with E-state index in [-0.39, 0.29) is 11.5 Å². The van der Waals surface area contributed by atoms with Gasteiger partial charge in [-0.25, -0.2) is 4.79 Å². The van der Waals surface area contributed by atoms with Crippen molar-refractivity contribution in [3.05, 3.63) is 39.2 Å². The van der Waals surface area contributed by atoms with Gasteiger partial charge in [-0.1, -0.05) is 0 Å². The maximum Gasteiger partial charge on any atom is 0.339 e. The van der Waals surface area contributed by atoms with E-state index in [1.807, 2.05) is 26.0 Å². The Morgan fingerprint density at radius 3 is 2.60 bits per heavy atom. The Bertz CT molecular complexity index is 849. The van der Waals surface area contributed by atoms with E-state index in [2.05, 4.69) is 0 Å². The molecular weight excluding hydrogens is 322 g/mol. The van der Waals surface area contributed by atoms with Crippen molar-refractivity contribution in [1.82, 2.24) is 4.90 Å². The number of carbonyl (C=O) groups excluding carboxylic acids is 1. The number of hydrogen-bond donors (Lipinski definition) is 0. The number of nitrogens with zero attached hydrogens (tertiary/aromatic N) is 1. The highest BCUT2D eigenvalue weighted by Gasteiger charge is 2.19. The average Bonchev–Trinajstić information content (AvgIpc) is 2.63. The van der Waals surface area contributed by atoms with Crippen molar-refractivity contribution in [3.8, 4) is 5.75 Å². The Hall–Kier alpha value is -2.34. The van der Waals surface area contributed by atoms with Gasteiger partial charge in [0.2, 0.25) is 5.91 Å². The molecule has 0 N–H and O–H groups in total. The molecule has 2 aromatic rings. The molecule has 6 nitrogen and oxygen atoms in total. The highest BCUT2D eigenvalue weighted by Crippen LogP contribution is 2.29. The van der Waals surface area contributed by atoms with Crippen molar-refractivity contribution >= 4 is 16.9 Å². The second-order valence-corrected chi connectivity index (χ2v) is 6.26. The number of rotatable bonds is 4. The van der Waals surface area contributed by atoms with Gasteiger partial charge in [0.1, 0.15) is 11.3 Å². The van der Waals surface area contributed by atoms with E-state index in [4.69, 9.17) is 13.9 Å². The minimum Gasteiger partial charge on any atom is -0.496 e. The highest BCUT2D eigenvalue weighted by molar-refractivity contribution is 5.85. The summed E-state index contributed by atoms with van der Waals surface area (Å²) in [6.07, 6.45) is 0.678. The molecule has 2 heterocycles. The third-order valence-electron chi connectivity index (χ3n) is 4.83. The van der Waals surface area contributed by atoms with Crippen LogP contribution in [0.25, 0.3) is 11.0 Å². The smallest absolute Gasteiger partial charge is 0.339 e. The first-order valence-corrected chi connectivity index (χ1v) is 8.48. The molecule has 1 amide bonds. The maximum atomic E-state index is 12.4. The number of hydrogen-bond acceptors (Lipinski definition) is 5. The quantitative estimate of drug-likeness (QED) is 0.795. The molecule has 0 bridgehead atoms. The van der Waals surface area contributed by atoms with E-state index in [0.717, 1.165) is 16.5 Å². The topological polar surface area (TPSA) is 69.0 Å². The minimum atomic E-state index is -0.379. The van der Waals surface area contributed by atoms with E-state index in [0.29, 0.717) is 56.0 Å². The van der Waals surface area contributed by atoms with Crippen LogP contribution in [0.5, 0.6) is 5.75 Å². The van der Waals surface area contributed by atoms with Gasteiger partial charge in [-0.05, 0) is 38.0 Å². The molecule has 1 fully saturated rings. The first kappa shape index (κ1) is 17.5. The predicted octanol–water partition coefficient (Wildman–Crippen LogP) is 2.21. The van der Waals surface area contributed by atoms with Crippen molar-refractivity contribution < 1.29 is 18.7 Å². The SMILES string of the molecule is COc1ccc2c(C)c(CCC(=O)N3CCOCC3)c(=O)oc2c1C. The van der Waals surface area contributed by atoms with Crippen LogP contribution in [0.15, 0.2) is 21.3 Å². The number of aryl methyl sites for hydroxylation is 2. The number of carbonyl (C=O) groups is 1. The maximum absolute atomic E-state index is 12.4. The molecule has 0 atom stereocenters. The fourth-order valence-corrected chi connectivity index (χ4v) is 3.28. The van der Waals surface area contributed by atoms with Crippen LogP contribution in [0, 0.1) is 13.8 Å². The molecule has 0 radical (unpaired) electrons. The summed E-state index contributed by atoms with van der Waals surface area (Å²) in [4.78, 5) is 26.5. The molecule has 0 aliphatic carbocycles. The van der Waals surface area contributed by atoms with Crippen molar-refractivity contribution in [2.75, 3.05) is 33.4 Å². The Morgan fingerprint density at radius 1 is 1.20 bits per heavy atom. The lowest BCUT2D eigenvalue weighted by molar-refractivity contribution is -0.135. The highest BCUT2D eigenvalue weighted by atomic mass is 16.5. The van der Waals surface area contributed by atoms with Crippen LogP contribution in [-0.2, 0) is 16.0 Å². The lowest BCUT2D eigenvalue weighted by atomic mass is 10.00. The molecule has 1 aromatic carbocycles. The largest absolute Gasteiger partial charge is 0.496 e. The monoisotopic (exact) mass is 345 g/mol. The molecule has 6 heteroatoms. The van der Waals surface area contributed by atoms with E-state index >= 15 is 0 Å². The number of methoxy groups -OCH3 is 1. The molecule has 0 unspecified atom stereocenters. The molecule has 1 aliphatic rings. The molecule has 25 heavy (non-hydrogen) atoms. The Balaban J connectivity index is 1.87. The lowest BCUT2D eigenvalue weighted by Gasteiger charge is -2.26. The number of ether oxygens (including phenoxy) is 2. The van der Waals surface area contributed by atoms with E-state index in [1.54, 1.807) is 12.0 Å². The Kier molecular flexibility index (Phi) is 5.08. The molecule has 3 rings (SSSR count). The third kappa shape index (κ3) is 3.39. The van der Waals surface area contributed by atoms with Crippen molar-refractivity contribution in [2.45, 2.75) is 26.7 Å². The summed E-state index contributed by atoms with van der Waals surface area (Å²) in [6, 6.07) is 3.76. The molecule has 134 valence electrons. The van der Waals surface area contributed by atoms with Crippen LogP contribution >= 0.6 is 0 Å². The van der Waals surface area contributed by atoms with Gasteiger partial charge in [0.15, 0.2) is 0 Å². The van der Waals surface area contributed by atoms with Crippen molar-refractivity contribution in [2.24, 2.45) is 0 Å². The normalized spacial score (nSPS) is 14.8. The zero-order chi connectivity index (χ0) is 18.0. The molecule has 1 aliphatic heterocycles. The summed E-state index contributed by atoms with van der Waals surface area (Å²) in [5.74, 6) is 0.735. The summed E-state index contributed by atoms with van der Waals surface area (Å²) in [5.41, 5.74) is 2.41. The summed E-state index contributed by atoms with van der Waals surface area (Å²) in [5, 5.41) is 0.881. The lowest BCUT2D eigenvalue weighted by Crippen LogP contribution is -2.40. The van der Waals surface area contributed by atoms with Gasteiger partial charge in [0.25, 0.3) is 0 Å². The van der Waals surface area contributed by atoms with Gasteiger partial charge in [0.05, 0.1) is 20.3 Å². The second kappa shape index (κ2) is 7.27. The summed E-state index contributed by atoms with van der Waals surface area (Å²) < 4.78 is 16.1. The molecule has 1 aromatic heterocycles. The number of morpholine rings is 1. The van der Waals surface area contributed by atoms with Crippen LogP contribution in [-0.4, -0.2) is 44.2 Å². The van der Waals surface area contributed by atoms with E-state index < -0.39 is 0 Å². The van der Waals surface area contributed by atoms with Gasteiger partial charge in [0, 0.05) is 36.0 Å². The van der Waals surface area contributed by atoms with Gasteiger partial charge in [-0.15, -0.1) is 0 Å². The van der Waals surface area contributed by atoms with Crippen LogP contribution in [0.1, 0.15) is 23.1 Å². The Morgan fingerprint density at radius 2 is 1.92 bits per heavy atom. The molecule has 0 saturated carbocycles. The molecule has 1 saturated heterocycles. The van der Waals surface area contributed by atoms with Crippen LogP contribution < -0.4 is 10.4 Å². The summed E-state index contributed by atoms with van der Waals surface area (Å²) >= 11 is 0. The van der Waals surface area contributed by atoms with E-state index in [9.17, 15) is 9.59 Å². The fourth-order valence-electron chi connectivity index (χ4n) is 3.28. The predicted molar refractivity (Wildman–Crippen MR) is 94.2 cm³/mol. The summed E-state index contributed by atoms with van der Waals surface area (Å²) in [7, 11) is 1.59. The van der Waals surface area contributed by atoms with E-state index in [1.165, 1.54) is 0 Å². The number of amides is 1. The van der Waals surface area contributed by atoms with Gasteiger partial charge in [-0.3, -0.25) is 4.79 Å². The van der Waals surface area contributed by atoms with Gasteiger partial charge >= 0.3 is 5.63 Å². The fraction of sp³-hybridized carbons (Fsp3) is 0.474. The van der Waals surface area contributed by atoms with Gasteiger partial charge < -0.3 is 18.8 Å². The first-order valence-electron chi connectivity index (χ1n) is 8.48. The Labute approximate surface area is 146 Å². The average molecular weight is 345 g/mol. The zero-order valence-electron chi connectivity index (χ0n) is 14.9. The summed E-state index contributed by atoms with van der Waals surface area (Å²) in [6.45, 7) is 6.14. The van der Waals surface area contributed by atoms with Crippen LogP contribution in [0.3, 0.4) is 0 Å². The zero-order valence-corrected chi connectivity index (χ0v) is 14.9. The molecule has 0 spiro atoms. The standard InChI is InChI=1S/C19H23NO5/c1-12-14-4-6-16(23-3)13(2)18(14)25-19(22)15(12)5-7-17(21)20-8-10-24-11-9-20/h4,6H,5,7-11H2,1-3H3. The molecular formula is C19H23NO5. The van der Waals surface area contributed by atoms with Crippen LogP contribution in [0.4, 0.5) is 0 Å². The van der Waals surface area contributed by atoms with Crippen molar-refractivity contribution in [3.63, 3.8) is 0 Å². The van der Waals surface area contributed by atoms with Crippen molar-refractivity contribution in [1.29, 1.82) is 0 Å².